The van der Waals surface area contributed by atoms with Crippen LogP contribution in [0.1, 0.15) is 37.1 Å². The molecule has 1 fully saturated rings. The molecule has 0 aliphatic heterocycles. The van der Waals surface area contributed by atoms with Gasteiger partial charge in [0.2, 0.25) is 5.43 Å². The van der Waals surface area contributed by atoms with Crippen molar-refractivity contribution in [1.29, 1.82) is 0 Å². The Bertz CT molecular complexity index is 959. The van der Waals surface area contributed by atoms with Crippen molar-refractivity contribution in [3.05, 3.63) is 76.3 Å². The Morgan fingerprint density at radius 1 is 1.16 bits per heavy atom. The Balaban J connectivity index is 1.62. The van der Waals surface area contributed by atoms with Gasteiger partial charge >= 0.3 is 0 Å². The highest BCUT2D eigenvalue weighted by Crippen LogP contribution is 2.36. The zero-order valence-electron chi connectivity index (χ0n) is 14.2. The van der Waals surface area contributed by atoms with Crippen molar-refractivity contribution < 1.29 is 9.52 Å². The van der Waals surface area contributed by atoms with E-state index < -0.39 is 5.43 Å². The molecule has 0 amide bonds. The van der Waals surface area contributed by atoms with E-state index in [2.05, 4.69) is 54.3 Å². The lowest BCUT2D eigenvalue weighted by atomic mass is 10.0. The molecular formula is C21H21NO3. The standard InChI is InChI=1S/C21H21NO3/c1-14(16-7-6-15-4-2-3-5-17(15)10-16)22(18-8-9-18)12-19-11-20(23)21(24)13-25-19/h2-7,10-11,13-14,18,24H,8-9,12H2,1H3/t14-/m0/s1. The van der Waals surface area contributed by atoms with Crippen LogP contribution < -0.4 is 5.43 Å². The molecule has 1 atom stereocenters. The van der Waals surface area contributed by atoms with Crippen LogP contribution in [-0.4, -0.2) is 16.0 Å². The third kappa shape index (κ3) is 3.30. The summed E-state index contributed by atoms with van der Waals surface area (Å²) in [5, 5.41) is 11.8. The van der Waals surface area contributed by atoms with Crippen LogP contribution in [-0.2, 0) is 6.54 Å². The summed E-state index contributed by atoms with van der Waals surface area (Å²) in [7, 11) is 0. The molecule has 2 aromatic carbocycles. The fourth-order valence-electron chi connectivity index (χ4n) is 3.35. The van der Waals surface area contributed by atoms with Crippen molar-refractivity contribution in [2.75, 3.05) is 0 Å². The van der Waals surface area contributed by atoms with Gasteiger partial charge in [0, 0.05) is 18.2 Å². The first kappa shape index (κ1) is 15.9. The van der Waals surface area contributed by atoms with Gasteiger partial charge in [0.1, 0.15) is 12.0 Å². The van der Waals surface area contributed by atoms with Gasteiger partial charge in [0.05, 0.1) is 6.54 Å². The molecule has 0 saturated heterocycles. The van der Waals surface area contributed by atoms with Crippen LogP contribution in [0, 0.1) is 0 Å². The van der Waals surface area contributed by atoms with Gasteiger partial charge in [-0.05, 0) is 42.2 Å². The molecule has 3 aromatic rings. The Labute approximate surface area is 146 Å². The number of nitrogens with zero attached hydrogens (tertiary/aromatic N) is 1. The van der Waals surface area contributed by atoms with E-state index in [9.17, 15) is 9.90 Å². The number of hydrogen-bond acceptors (Lipinski definition) is 4. The van der Waals surface area contributed by atoms with Gasteiger partial charge in [-0.15, -0.1) is 0 Å². The third-order valence-electron chi connectivity index (χ3n) is 4.97. The van der Waals surface area contributed by atoms with Crippen LogP contribution in [0.4, 0.5) is 0 Å². The van der Waals surface area contributed by atoms with Crippen molar-refractivity contribution in [3.63, 3.8) is 0 Å². The van der Waals surface area contributed by atoms with Gasteiger partial charge in [0.15, 0.2) is 5.75 Å². The average Bonchev–Trinajstić information content (AvgIpc) is 3.46. The SMILES string of the molecule is C[C@@H](c1ccc2ccccc2c1)N(Cc1cc(=O)c(O)co1)C1CC1. The van der Waals surface area contributed by atoms with E-state index >= 15 is 0 Å². The van der Waals surface area contributed by atoms with Gasteiger partial charge < -0.3 is 9.52 Å². The minimum atomic E-state index is -0.393. The number of aromatic hydroxyl groups is 1. The summed E-state index contributed by atoms with van der Waals surface area (Å²) < 4.78 is 5.41. The van der Waals surface area contributed by atoms with Gasteiger partial charge in [0.25, 0.3) is 0 Å². The second-order valence-corrected chi connectivity index (χ2v) is 6.78. The maximum Gasteiger partial charge on any atom is 0.226 e. The number of fused-ring (bicyclic) bond motifs is 1. The highest BCUT2D eigenvalue weighted by molar-refractivity contribution is 5.83. The topological polar surface area (TPSA) is 53.7 Å². The summed E-state index contributed by atoms with van der Waals surface area (Å²) in [4.78, 5) is 14.0. The summed E-state index contributed by atoms with van der Waals surface area (Å²) in [6.45, 7) is 2.76. The molecule has 1 heterocycles. The van der Waals surface area contributed by atoms with E-state index in [1.54, 1.807) is 0 Å². The van der Waals surface area contributed by atoms with Crippen LogP contribution in [0.15, 0.2) is 64.0 Å². The first-order chi connectivity index (χ1) is 12.1. The Morgan fingerprint density at radius 3 is 2.64 bits per heavy atom. The van der Waals surface area contributed by atoms with Crippen molar-refractivity contribution in [2.45, 2.75) is 38.4 Å². The van der Waals surface area contributed by atoms with Crippen LogP contribution in [0.2, 0.25) is 0 Å². The maximum atomic E-state index is 11.7. The first-order valence-electron chi connectivity index (χ1n) is 8.67. The predicted molar refractivity (Wildman–Crippen MR) is 97.6 cm³/mol. The molecule has 4 heteroatoms. The molecular weight excluding hydrogens is 314 g/mol. The zero-order valence-corrected chi connectivity index (χ0v) is 14.2. The Morgan fingerprint density at radius 2 is 1.92 bits per heavy atom. The van der Waals surface area contributed by atoms with E-state index in [1.165, 1.54) is 35.2 Å². The minimum Gasteiger partial charge on any atom is -0.502 e. The Hall–Kier alpha value is -2.59. The average molecular weight is 335 g/mol. The lowest BCUT2D eigenvalue weighted by Crippen LogP contribution is -2.29. The van der Waals surface area contributed by atoms with Crippen LogP contribution in [0.5, 0.6) is 5.75 Å². The van der Waals surface area contributed by atoms with Gasteiger partial charge in [-0.3, -0.25) is 9.69 Å². The van der Waals surface area contributed by atoms with E-state index in [-0.39, 0.29) is 11.8 Å². The zero-order chi connectivity index (χ0) is 17.4. The molecule has 0 bridgehead atoms. The lowest BCUT2D eigenvalue weighted by Gasteiger charge is -2.29. The quantitative estimate of drug-likeness (QED) is 0.758. The second-order valence-electron chi connectivity index (χ2n) is 6.78. The van der Waals surface area contributed by atoms with Gasteiger partial charge in [-0.1, -0.05) is 36.4 Å². The summed E-state index contributed by atoms with van der Waals surface area (Å²) >= 11 is 0. The maximum absolute atomic E-state index is 11.7. The molecule has 4 nitrogen and oxygen atoms in total. The van der Waals surface area contributed by atoms with Crippen LogP contribution in [0.3, 0.4) is 0 Å². The normalized spacial score (nSPS) is 15.6. The van der Waals surface area contributed by atoms with E-state index in [0.717, 1.165) is 6.26 Å². The molecule has 1 aliphatic carbocycles. The molecule has 1 saturated carbocycles. The van der Waals surface area contributed by atoms with Crippen LogP contribution in [0.25, 0.3) is 10.8 Å². The first-order valence-corrected chi connectivity index (χ1v) is 8.67. The summed E-state index contributed by atoms with van der Waals surface area (Å²) in [5.41, 5.74) is 0.863. The van der Waals surface area contributed by atoms with E-state index in [0.29, 0.717) is 18.3 Å². The highest BCUT2D eigenvalue weighted by Gasteiger charge is 2.33. The summed E-state index contributed by atoms with van der Waals surface area (Å²) in [6, 6.07) is 17.0. The molecule has 0 radical (unpaired) electrons. The molecule has 0 spiro atoms. The van der Waals surface area contributed by atoms with Gasteiger partial charge in [-0.25, -0.2) is 0 Å². The number of benzene rings is 2. The minimum absolute atomic E-state index is 0.219. The van der Waals surface area contributed by atoms with Crippen molar-refractivity contribution in [2.24, 2.45) is 0 Å². The van der Waals surface area contributed by atoms with Gasteiger partial charge in [-0.2, -0.15) is 0 Å². The third-order valence-corrected chi connectivity index (χ3v) is 4.97. The molecule has 1 N–H and O–H groups in total. The fourth-order valence-corrected chi connectivity index (χ4v) is 3.35. The lowest BCUT2D eigenvalue weighted by molar-refractivity contribution is 0.173. The van der Waals surface area contributed by atoms with Crippen molar-refractivity contribution in [3.8, 4) is 5.75 Å². The molecule has 25 heavy (non-hydrogen) atoms. The van der Waals surface area contributed by atoms with Crippen molar-refractivity contribution in [1.82, 2.24) is 4.90 Å². The second kappa shape index (κ2) is 6.37. The monoisotopic (exact) mass is 335 g/mol. The molecule has 128 valence electrons. The fraction of sp³-hybridized carbons (Fsp3) is 0.286. The largest absolute Gasteiger partial charge is 0.502 e. The smallest absolute Gasteiger partial charge is 0.226 e. The van der Waals surface area contributed by atoms with E-state index in [4.69, 9.17) is 4.42 Å². The molecule has 1 aliphatic rings. The molecule has 1 aromatic heterocycles. The number of rotatable bonds is 5. The number of hydrogen-bond donors (Lipinski definition) is 1. The Kier molecular flexibility index (Phi) is 4.06. The molecule has 0 unspecified atom stereocenters. The van der Waals surface area contributed by atoms with Crippen molar-refractivity contribution >= 4 is 10.8 Å². The molecule has 4 rings (SSSR count). The highest BCUT2D eigenvalue weighted by atomic mass is 16.4. The predicted octanol–water partition coefficient (Wildman–Crippen LogP) is 4.22. The summed E-state index contributed by atoms with van der Waals surface area (Å²) in [6.07, 6.45) is 3.46. The van der Waals surface area contributed by atoms with E-state index in [1.807, 2.05) is 0 Å². The van der Waals surface area contributed by atoms with Crippen LogP contribution >= 0.6 is 0 Å². The summed E-state index contributed by atoms with van der Waals surface area (Å²) in [5.74, 6) is 0.242.